The van der Waals surface area contributed by atoms with Gasteiger partial charge in [0.15, 0.2) is 0 Å². The molecule has 0 aliphatic heterocycles. The maximum absolute atomic E-state index is 12.5. The first-order chi connectivity index (χ1) is 9.27. The summed E-state index contributed by atoms with van der Waals surface area (Å²) >= 11 is 1.50. The van der Waals surface area contributed by atoms with E-state index in [-0.39, 0.29) is 11.3 Å². The molecule has 1 aromatic heterocycles. The monoisotopic (exact) mass is 304 g/mol. The summed E-state index contributed by atoms with van der Waals surface area (Å²) in [5.41, 5.74) is 5.47. The first kappa shape index (κ1) is 15.6. The van der Waals surface area contributed by atoms with Crippen LogP contribution >= 0.6 is 11.8 Å². The molecule has 0 spiro atoms. The van der Waals surface area contributed by atoms with Crippen molar-refractivity contribution in [3.63, 3.8) is 0 Å². The molecule has 1 saturated carbocycles. The van der Waals surface area contributed by atoms with E-state index < -0.39 is 11.7 Å². The highest BCUT2D eigenvalue weighted by Crippen LogP contribution is 2.38. The first-order valence-corrected chi connectivity index (χ1v) is 7.61. The number of hydrogen-bond acceptors (Lipinski definition) is 3. The smallest absolute Gasteiger partial charge is 0.327 e. The van der Waals surface area contributed by atoms with Gasteiger partial charge in [-0.2, -0.15) is 13.2 Å². The third-order valence-electron chi connectivity index (χ3n) is 3.75. The van der Waals surface area contributed by atoms with E-state index in [1.807, 2.05) is 0 Å². The summed E-state index contributed by atoms with van der Waals surface area (Å²) in [6.07, 6.45) is -1.38. The minimum atomic E-state index is -4.33. The molecule has 1 aliphatic carbocycles. The van der Waals surface area contributed by atoms with E-state index in [1.54, 1.807) is 0 Å². The van der Waals surface area contributed by atoms with Crippen LogP contribution in [0.2, 0.25) is 0 Å². The van der Waals surface area contributed by atoms with Gasteiger partial charge in [-0.1, -0.05) is 13.8 Å². The van der Waals surface area contributed by atoms with Crippen molar-refractivity contribution >= 4 is 11.8 Å². The lowest BCUT2D eigenvalue weighted by atomic mass is 9.80. The predicted molar refractivity (Wildman–Crippen MR) is 74.4 cm³/mol. The number of nitrogens with two attached hydrogens (primary N) is 1. The van der Waals surface area contributed by atoms with Crippen LogP contribution in [-0.4, -0.2) is 16.3 Å². The average molecular weight is 304 g/mol. The lowest BCUT2D eigenvalue weighted by molar-refractivity contribution is -0.137. The van der Waals surface area contributed by atoms with Gasteiger partial charge in [0.25, 0.3) is 0 Å². The van der Waals surface area contributed by atoms with Gasteiger partial charge in [0.2, 0.25) is 0 Å². The van der Waals surface area contributed by atoms with Crippen molar-refractivity contribution in [3.05, 3.63) is 23.9 Å². The van der Waals surface area contributed by atoms with Crippen LogP contribution < -0.4 is 5.73 Å². The second-order valence-corrected chi connectivity index (χ2v) is 6.88. The van der Waals surface area contributed by atoms with Crippen molar-refractivity contribution < 1.29 is 13.2 Å². The fourth-order valence-electron chi connectivity index (χ4n) is 2.85. The normalized spacial score (nSPS) is 31.3. The number of thioether (sulfide) groups is 1. The number of rotatable bonds is 2. The summed E-state index contributed by atoms with van der Waals surface area (Å²) in [6, 6.07) is 2.59. The van der Waals surface area contributed by atoms with E-state index in [0.717, 1.165) is 25.1 Å². The molecular weight excluding hydrogens is 285 g/mol. The van der Waals surface area contributed by atoms with Gasteiger partial charge in [-0.05, 0) is 36.8 Å². The third kappa shape index (κ3) is 3.67. The number of halogens is 3. The molecule has 2 rings (SSSR count). The molecule has 1 fully saturated rings. The highest BCUT2D eigenvalue weighted by molar-refractivity contribution is 7.99. The van der Waals surface area contributed by atoms with Gasteiger partial charge in [-0.25, -0.2) is 4.98 Å². The lowest BCUT2D eigenvalue weighted by Crippen LogP contribution is -2.42. The number of hydrogen-bond donors (Lipinski definition) is 1. The molecule has 6 heteroatoms. The first-order valence-electron chi connectivity index (χ1n) is 6.73. The minimum Gasteiger partial charge on any atom is -0.327 e. The Kier molecular flexibility index (Phi) is 4.64. The topological polar surface area (TPSA) is 38.9 Å². The maximum atomic E-state index is 12.5. The Hall–Kier alpha value is -0.750. The summed E-state index contributed by atoms with van der Waals surface area (Å²) in [4.78, 5) is 3.91. The summed E-state index contributed by atoms with van der Waals surface area (Å²) in [6.45, 7) is 4.34. The standard InChI is InChI=1S/C14H19F3N2S/c1-8-5-9(2)13(11(18)6-8)20-12-4-3-10(7-19-12)14(15,16)17/h3-4,7-9,11,13H,5-6,18H2,1-2H3. The third-order valence-corrected chi connectivity index (χ3v) is 5.32. The average Bonchev–Trinajstić information content (AvgIpc) is 2.33. The van der Waals surface area contributed by atoms with Crippen molar-refractivity contribution in [1.82, 2.24) is 4.98 Å². The molecule has 0 saturated heterocycles. The molecule has 2 nitrogen and oxygen atoms in total. The molecule has 4 atom stereocenters. The maximum Gasteiger partial charge on any atom is 0.417 e. The summed E-state index contributed by atoms with van der Waals surface area (Å²) in [7, 11) is 0. The molecule has 1 heterocycles. The van der Waals surface area contributed by atoms with Crippen LogP contribution in [0.1, 0.15) is 32.3 Å². The van der Waals surface area contributed by atoms with Crippen molar-refractivity contribution in [2.75, 3.05) is 0 Å². The summed E-state index contributed by atoms with van der Waals surface area (Å²) in [5.74, 6) is 1.06. The van der Waals surface area contributed by atoms with Gasteiger partial charge in [0.1, 0.15) is 0 Å². The SMILES string of the molecule is CC1CC(C)C(Sc2ccc(C(F)(F)F)cn2)C(N)C1. The summed E-state index contributed by atoms with van der Waals surface area (Å²) < 4.78 is 37.4. The van der Waals surface area contributed by atoms with Gasteiger partial charge < -0.3 is 5.73 Å². The molecule has 112 valence electrons. The van der Waals surface area contributed by atoms with Crippen LogP contribution in [-0.2, 0) is 6.18 Å². The Balaban J connectivity index is 2.06. The number of pyridine rings is 1. The van der Waals surface area contributed by atoms with E-state index in [9.17, 15) is 13.2 Å². The van der Waals surface area contributed by atoms with Crippen LogP contribution in [0.5, 0.6) is 0 Å². The van der Waals surface area contributed by atoms with E-state index in [0.29, 0.717) is 16.9 Å². The Bertz CT molecular complexity index is 435. The quantitative estimate of drug-likeness (QED) is 0.899. The van der Waals surface area contributed by atoms with Crippen molar-refractivity contribution in [2.45, 2.75) is 49.2 Å². The Morgan fingerprint density at radius 1 is 1.25 bits per heavy atom. The molecule has 20 heavy (non-hydrogen) atoms. The Morgan fingerprint density at radius 3 is 2.45 bits per heavy atom. The summed E-state index contributed by atoms with van der Waals surface area (Å²) in [5, 5.41) is 0.829. The molecule has 0 bridgehead atoms. The van der Waals surface area contributed by atoms with Gasteiger partial charge in [0.05, 0.1) is 10.6 Å². The number of alkyl halides is 3. The van der Waals surface area contributed by atoms with Gasteiger partial charge in [-0.3, -0.25) is 0 Å². The Morgan fingerprint density at radius 2 is 1.95 bits per heavy atom. The second kappa shape index (κ2) is 5.93. The van der Waals surface area contributed by atoms with Gasteiger partial charge in [0, 0.05) is 17.5 Å². The van der Waals surface area contributed by atoms with Crippen molar-refractivity contribution in [2.24, 2.45) is 17.6 Å². The number of nitrogens with zero attached hydrogens (tertiary/aromatic N) is 1. The van der Waals surface area contributed by atoms with Gasteiger partial charge >= 0.3 is 6.18 Å². The van der Waals surface area contributed by atoms with Crippen molar-refractivity contribution in [3.8, 4) is 0 Å². The molecule has 4 unspecified atom stereocenters. The van der Waals surface area contributed by atoms with Crippen LogP contribution in [0.3, 0.4) is 0 Å². The zero-order chi connectivity index (χ0) is 14.9. The van der Waals surface area contributed by atoms with Crippen LogP contribution in [0.4, 0.5) is 13.2 Å². The molecule has 0 aromatic carbocycles. The highest BCUT2D eigenvalue weighted by atomic mass is 32.2. The van der Waals surface area contributed by atoms with Crippen LogP contribution in [0, 0.1) is 11.8 Å². The second-order valence-electron chi connectivity index (χ2n) is 5.68. The van der Waals surface area contributed by atoms with Crippen LogP contribution in [0.25, 0.3) is 0 Å². The zero-order valence-electron chi connectivity index (χ0n) is 11.5. The zero-order valence-corrected chi connectivity index (χ0v) is 12.3. The fourth-order valence-corrected chi connectivity index (χ4v) is 4.01. The van der Waals surface area contributed by atoms with E-state index >= 15 is 0 Å². The van der Waals surface area contributed by atoms with E-state index in [4.69, 9.17) is 5.73 Å². The van der Waals surface area contributed by atoms with Crippen molar-refractivity contribution in [1.29, 1.82) is 0 Å². The molecule has 2 N–H and O–H groups in total. The molecule has 0 radical (unpaired) electrons. The fraction of sp³-hybridized carbons (Fsp3) is 0.643. The molecule has 0 amide bonds. The highest BCUT2D eigenvalue weighted by Gasteiger charge is 2.34. The molecule has 1 aromatic rings. The Labute approximate surface area is 121 Å². The van der Waals surface area contributed by atoms with Crippen LogP contribution in [0.15, 0.2) is 23.4 Å². The van der Waals surface area contributed by atoms with E-state index in [1.165, 1.54) is 17.8 Å². The predicted octanol–water partition coefficient (Wildman–Crippen LogP) is 3.95. The minimum absolute atomic E-state index is 0.0721. The number of aromatic nitrogens is 1. The van der Waals surface area contributed by atoms with Gasteiger partial charge in [-0.15, -0.1) is 11.8 Å². The molecule has 1 aliphatic rings. The molecular formula is C14H19F3N2S. The van der Waals surface area contributed by atoms with E-state index in [2.05, 4.69) is 18.8 Å². The lowest BCUT2D eigenvalue weighted by Gasteiger charge is -2.37. The largest absolute Gasteiger partial charge is 0.417 e.